The van der Waals surface area contributed by atoms with Gasteiger partial charge >= 0.3 is 0 Å². The first-order chi connectivity index (χ1) is 11.8. The number of carbonyl (C=O) groups excluding carboxylic acids is 1. The van der Waals surface area contributed by atoms with E-state index in [1.54, 1.807) is 17.5 Å². The molecule has 1 spiro atoms. The molecule has 24 heavy (non-hydrogen) atoms. The zero-order valence-electron chi connectivity index (χ0n) is 13.7. The van der Waals surface area contributed by atoms with Crippen molar-refractivity contribution in [3.05, 3.63) is 46.7 Å². The van der Waals surface area contributed by atoms with Crippen LogP contribution in [-0.4, -0.2) is 45.3 Å². The highest BCUT2D eigenvalue weighted by molar-refractivity contribution is 7.09. The molecule has 0 bridgehead atoms. The van der Waals surface area contributed by atoms with Gasteiger partial charge in [-0.05, 0) is 37.4 Å². The maximum absolute atomic E-state index is 13.1. The lowest BCUT2D eigenvalue weighted by molar-refractivity contribution is -0.139. The summed E-state index contributed by atoms with van der Waals surface area (Å²) in [4.78, 5) is 26.1. The van der Waals surface area contributed by atoms with Crippen LogP contribution in [0.15, 0.2) is 36.1 Å². The van der Waals surface area contributed by atoms with Gasteiger partial charge in [0.2, 0.25) is 5.91 Å². The molecule has 0 aliphatic carbocycles. The molecule has 1 amide bonds. The Balaban J connectivity index is 1.44. The molecule has 0 unspecified atom stereocenters. The van der Waals surface area contributed by atoms with E-state index in [0.29, 0.717) is 12.5 Å². The van der Waals surface area contributed by atoms with E-state index in [1.807, 2.05) is 34.8 Å². The Hall–Kier alpha value is -1.79. The number of aromatic nitrogens is 2. The first kappa shape index (κ1) is 15.7. The fraction of sp³-hybridized carbons (Fsp3) is 0.500. The molecule has 2 aromatic rings. The van der Waals surface area contributed by atoms with Crippen molar-refractivity contribution in [2.24, 2.45) is 5.41 Å². The molecule has 2 aliphatic heterocycles. The van der Waals surface area contributed by atoms with Crippen LogP contribution in [-0.2, 0) is 17.9 Å². The van der Waals surface area contributed by atoms with Crippen LogP contribution in [0.1, 0.15) is 29.8 Å². The Kier molecular flexibility index (Phi) is 4.33. The van der Waals surface area contributed by atoms with Crippen LogP contribution in [0.3, 0.4) is 0 Å². The van der Waals surface area contributed by atoms with E-state index in [1.165, 1.54) is 0 Å². The van der Waals surface area contributed by atoms with Crippen molar-refractivity contribution in [1.82, 2.24) is 19.8 Å². The van der Waals surface area contributed by atoms with Crippen LogP contribution in [0.4, 0.5) is 0 Å². The highest BCUT2D eigenvalue weighted by Crippen LogP contribution is 2.41. The van der Waals surface area contributed by atoms with Crippen LogP contribution < -0.4 is 0 Å². The molecule has 2 aliphatic rings. The molecule has 1 atom stereocenters. The van der Waals surface area contributed by atoms with Crippen molar-refractivity contribution < 1.29 is 4.79 Å². The molecule has 0 saturated carbocycles. The summed E-state index contributed by atoms with van der Waals surface area (Å²) in [6.07, 6.45) is 8.57. The summed E-state index contributed by atoms with van der Waals surface area (Å²) in [5.41, 5.74) is 0.927. The molecule has 2 aromatic heterocycles. The van der Waals surface area contributed by atoms with Gasteiger partial charge in [-0.2, -0.15) is 0 Å². The van der Waals surface area contributed by atoms with Crippen molar-refractivity contribution in [2.45, 2.75) is 32.4 Å². The summed E-state index contributed by atoms with van der Waals surface area (Å²) in [6, 6.07) is 3.98. The van der Waals surface area contributed by atoms with Gasteiger partial charge in [-0.15, -0.1) is 11.3 Å². The number of likely N-dealkylation sites (tertiary alicyclic amines) is 2. The fourth-order valence-electron chi connectivity index (χ4n) is 4.02. The normalized spacial score (nSPS) is 24.8. The van der Waals surface area contributed by atoms with Gasteiger partial charge in [0.25, 0.3) is 0 Å². The third-order valence-electron chi connectivity index (χ3n) is 5.20. The van der Waals surface area contributed by atoms with Crippen molar-refractivity contribution >= 4 is 17.2 Å². The molecular weight excluding hydrogens is 320 g/mol. The minimum absolute atomic E-state index is 0.183. The van der Waals surface area contributed by atoms with E-state index in [-0.39, 0.29) is 5.41 Å². The van der Waals surface area contributed by atoms with Crippen molar-refractivity contribution in [3.63, 3.8) is 0 Å². The molecule has 6 heteroatoms. The fourth-order valence-corrected chi connectivity index (χ4v) is 4.68. The summed E-state index contributed by atoms with van der Waals surface area (Å²) < 4.78 is 0. The Morgan fingerprint density at radius 1 is 1.21 bits per heavy atom. The van der Waals surface area contributed by atoms with E-state index in [0.717, 1.165) is 56.0 Å². The van der Waals surface area contributed by atoms with Crippen molar-refractivity contribution in [1.29, 1.82) is 0 Å². The van der Waals surface area contributed by atoms with Gasteiger partial charge in [-0.1, -0.05) is 6.07 Å². The standard InChI is InChI=1S/C18H22N4OS/c23-17-18(5-9-22(17)12-15-3-1-6-19-11-15)4-2-8-21(14-18)13-16-20-7-10-24-16/h1,3,6-7,10-11H,2,4-5,8-9,12-14H2/t18-/m1/s1. The topological polar surface area (TPSA) is 49.3 Å². The van der Waals surface area contributed by atoms with Crippen LogP contribution in [0.5, 0.6) is 0 Å². The average molecular weight is 342 g/mol. The summed E-state index contributed by atoms with van der Waals surface area (Å²) in [6.45, 7) is 4.35. The summed E-state index contributed by atoms with van der Waals surface area (Å²) in [5, 5.41) is 3.16. The molecule has 5 nitrogen and oxygen atoms in total. The van der Waals surface area contributed by atoms with E-state index in [2.05, 4.69) is 14.9 Å². The number of hydrogen-bond acceptors (Lipinski definition) is 5. The van der Waals surface area contributed by atoms with E-state index in [9.17, 15) is 4.79 Å². The van der Waals surface area contributed by atoms with Crippen molar-refractivity contribution in [2.75, 3.05) is 19.6 Å². The van der Waals surface area contributed by atoms with Gasteiger partial charge in [0, 0.05) is 43.6 Å². The second-order valence-electron chi connectivity index (χ2n) is 6.86. The highest BCUT2D eigenvalue weighted by Gasteiger charge is 2.48. The van der Waals surface area contributed by atoms with E-state index in [4.69, 9.17) is 0 Å². The third kappa shape index (κ3) is 3.08. The average Bonchev–Trinajstić information content (AvgIpc) is 3.21. The molecule has 4 rings (SSSR count). The highest BCUT2D eigenvalue weighted by atomic mass is 32.1. The molecule has 126 valence electrons. The van der Waals surface area contributed by atoms with Gasteiger partial charge in [-0.3, -0.25) is 14.7 Å². The zero-order chi connectivity index (χ0) is 16.4. The van der Waals surface area contributed by atoms with Gasteiger partial charge in [0.1, 0.15) is 5.01 Å². The first-order valence-corrected chi connectivity index (χ1v) is 9.42. The molecule has 0 radical (unpaired) electrons. The molecule has 2 fully saturated rings. The van der Waals surface area contributed by atoms with Crippen LogP contribution in [0.2, 0.25) is 0 Å². The summed E-state index contributed by atoms with van der Waals surface area (Å²) in [7, 11) is 0. The number of rotatable bonds is 4. The number of nitrogens with zero attached hydrogens (tertiary/aromatic N) is 4. The largest absolute Gasteiger partial charge is 0.338 e. The molecule has 4 heterocycles. The second-order valence-corrected chi connectivity index (χ2v) is 7.84. The third-order valence-corrected chi connectivity index (χ3v) is 5.96. The Labute approximate surface area is 146 Å². The first-order valence-electron chi connectivity index (χ1n) is 8.54. The van der Waals surface area contributed by atoms with Crippen LogP contribution >= 0.6 is 11.3 Å². The van der Waals surface area contributed by atoms with E-state index >= 15 is 0 Å². The van der Waals surface area contributed by atoms with Gasteiger partial charge < -0.3 is 4.90 Å². The maximum atomic E-state index is 13.1. The minimum atomic E-state index is -0.183. The Bertz CT molecular complexity index is 690. The Morgan fingerprint density at radius 3 is 2.96 bits per heavy atom. The lowest BCUT2D eigenvalue weighted by atomic mass is 9.78. The number of amides is 1. The van der Waals surface area contributed by atoms with Gasteiger partial charge in [0.05, 0.1) is 12.0 Å². The molecule has 0 aromatic carbocycles. The maximum Gasteiger partial charge on any atom is 0.230 e. The van der Waals surface area contributed by atoms with Gasteiger partial charge in [0.15, 0.2) is 0 Å². The predicted molar refractivity (Wildman–Crippen MR) is 93.3 cm³/mol. The smallest absolute Gasteiger partial charge is 0.230 e. The van der Waals surface area contributed by atoms with Crippen LogP contribution in [0, 0.1) is 5.41 Å². The number of thiazole rings is 1. The second kappa shape index (κ2) is 6.61. The number of hydrogen-bond donors (Lipinski definition) is 0. The predicted octanol–water partition coefficient (Wildman–Crippen LogP) is 2.55. The number of carbonyl (C=O) groups is 1. The Morgan fingerprint density at radius 2 is 2.17 bits per heavy atom. The minimum Gasteiger partial charge on any atom is -0.338 e. The van der Waals surface area contributed by atoms with E-state index < -0.39 is 0 Å². The lowest BCUT2D eigenvalue weighted by Gasteiger charge is -2.38. The molecule has 0 N–H and O–H groups in total. The quantitative estimate of drug-likeness (QED) is 0.857. The number of pyridine rings is 1. The van der Waals surface area contributed by atoms with Crippen molar-refractivity contribution in [3.8, 4) is 0 Å². The summed E-state index contributed by atoms with van der Waals surface area (Å²) in [5.74, 6) is 0.329. The zero-order valence-corrected chi connectivity index (χ0v) is 14.5. The van der Waals surface area contributed by atoms with Crippen LogP contribution in [0.25, 0.3) is 0 Å². The molecule has 2 saturated heterocycles. The number of piperidine rings is 1. The monoisotopic (exact) mass is 342 g/mol. The van der Waals surface area contributed by atoms with Gasteiger partial charge in [-0.25, -0.2) is 4.98 Å². The SMILES string of the molecule is O=C1N(Cc2cccnc2)CC[C@@]12CCCN(Cc1nccs1)C2. The lowest BCUT2D eigenvalue weighted by Crippen LogP contribution is -2.47. The molecular formula is C18H22N4OS. The summed E-state index contributed by atoms with van der Waals surface area (Å²) >= 11 is 1.70.